The fourth-order valence-electron chi connectivity index (χ4n) is 4.77. The van der Waals surface area contributed by atoms with Crippen molar-refractivity contribution in [2.75, 3.05) is 10.8 Å². The van der Waals surface area contributed by atoms with E-state index >= 15 is 0 Å². The van der Waals surface area contributed by atoms with Gasteiger partial charge in [-0.15, -0.1) is 0 Å². The first-order chi connectivity index (χ1) is 12.8. The molecule has 2 aromatic rings. The van der Waals surface area contributed by atoms with Gasteiger partial charge in [-0.05, 0) is 36.6 Å². The van der Waals surface area contributed by atoms with E-state index in [4.69, 9.17) is 9.47 Å². The Morgan fingerprint density at radius 3 is 2.44 bits per heavy atom. The average Bonchev–Trinajstić information content (AvgIpc) is 3.30. The number of hydrogen-bond donors (Lipinski definition) is 0. The van der Waals surface area contributed by atoms with Crippen LogP contribution in [-0.2, 0) is 15.4 Å². The maximum absolute atomic E-state index is 13.5. The predicted molar refractivity (Wildman–Crippen MR) is 103 cm³/mol. The first kappa shape index (κ1) is 16.9. The molecule has 0 amide bonds. The van der Waals surface area contributed by atoms with Crippen molar-refractivity contribution in [1.29, 1.82) is 0 Å². The molecule has 3 aliphatic rings. The van der Waals surface area contributed by atoms with E-state index in [1.165, 1.54) is 5.56 Å². The highest BCUT2D eigenvalue weighted by atomic mass is 32.2. The van der Waals surface area contributed by atoms with Crippen LogP contribution in [0.2, 0.25) is 0 Å². The Morgan fingerprint density at radius 2 is 1.67 bits per heavy atom. The highest BCUT2D eigenvalue weighted by Crippen LogP contribution is 2.52. The van der Waals surface area contributed by atoms with Gasteiger partial charge in [0.05, 0.1) is 10.6 Å². The van der Waals surface area contributed by atoms with Crippen LogP contribution < -0.4 is 13.8 Å². The van der Waals surface area contributed by atoms with Crippen molar-refractivity contribution in [1.82, 2.24) is 0 Å². The lowest BCUT2D eigenvalue weighted by Crippen LogP contribution is -2.35. The normalized spacial score (nSPS) is 21.6. The van der Waals surface area contributed by atoms with Crippen molar-refractivity contribution in [3.63, 3.8) is 0 Å². The first-order valence-corrected chi connectivity index (χ1v) is 10.9. The second kappa shape index (κ2) is 5.41. The van der Waals surface area contributed by atoms with Crippen LogP contribution in [0.4, 0.5) is 5.69 Å². The van der Waals surface area contributed by atoms with Crippen molar-refractivity contribution in [2.45, 2.75) is 55.6 Å². The maximum Gasteiger partial charge on any atom is 0.264 e. The third-order valence-corrected chi connectivity index (χ3v) is 7.72. The SMILES string of the molecule is CC1(C)Oc2ccc(S(=O)(=O)N3CC4(CCCC4)c4ccccc43)cc2O1. The Morgan fingerprint density at radius 1 is 0.963 bits per heavy atom. The molecule has 0 aromatic heterocycles. The number of nitrogens with zero attached hydrogens (tertiary/aromatic N) is 1. The van der Waals surface area contributed by atoms with Crippen molar-refractivity contribution < 1.29 is 17.9 Å². The molecular formula is C21H23NO4S. The van der Waals surface area contributed by atoms with E-state index in [1.807, 2.05) is 32.0 Å². The summed E-state index contributed by atoms with van der Waals surface area (Å²) in [6.45, 7) is 4.14. The lowest BCUT2D eigenvalue weighted by atomic mass is 9.81. The monoisotopic (exact) mass is 385 g/mol. The fourth-order valence-corrected chi connectivity index (χ4v) is 6.35. The Kier molecular flexibility index (Phi) is 3.39. The number of fused-ring (bicyclic) bond motifs is 3. The quantitative estimate of drug-likeness (QED) is 0.777. The molecule has 0 radical (unpaired) electrons. The summed E-state index contributed by atoms with van der Waals surface area (Å²) in [6.07, 6.45) is 4.40. The van der Waals surface area contributed by atoms with Gasteiger partial charge >= 0.3 is 0 Å². The molecule has 0 N–H and O–H groups in total. The van der Waals surface area contributed by atoms with Crippen LogP contribution >= 0.6 is 0 Å². The van der Waals surface area contributed by atoms with Crippen molar-refractivity contribution in [2.24, 2.45) is 0 Å². The van der Waals surface area contributed by atoms with E-state index in [2.05, 4.69) is 6.07 Å². The van der Waals surface area contributed by atoms with Gasteiger partial charge in [0.15, 0.2) is 11.5 Å². The standard InChI is InChI=1S/C21H23NO4S/c1-20(2)25-18-10-9-15(13-19(18)26-20)27(23,24)22-14-21(11-5-6-12-21)16-7-3-4-8-17(16)22/h3-4,7-10,13H,5-6,11-12,14H2,1-2H3. The Balaban J connectivity index is 1.57. The van der Waals surface area contributed by atoms with Gasteiger partial charge < -0.3 is 9.47 Å². The minimum atomic E-state index is -3.68. The summed E-state index contributed by atoms with van der Waals surface area (Å²) < 4.78 is 40.1. The summed E-state index contributed by atoms with van der Waals surface area (Å²) in [6, 6.07) is 12.8. The van der Waals surface area contributed by atoms with E-state index in [9.17, 15) is 8.42 Å². The van der Waals surface area contributed by atoms with Crippen LogP contribution in [-0.4, -0.2) is 20.7 Å². The molecule has 1 saturated carbocycles. The molecule has 2 aliphatic heterocycles. The van der Waals surface area contributed by atoms with Gasteiger partial charge in [-0.25, -0.2) is 8.42 Å². The second-order valence-electron chi connectivity index (χ2n) is 8.23. The molecule has 0 saturated heterocycles. The van der Waals surface area contributed by atoms with E-state index in [-0.39, 0.29) is 10.3 Å². The van der Waals surface area contributed by atoms with Crippen molar-refractivity contribution in [3.05, 3.63) is 48.0 Å². The van der Waals surface area contributed by atoms with Gasteiger partial charge in [-0.2, -0.15) is 0 Å². The molecule has 142 valence electrons. The van der Waals surface area contributed by atoms with Gasteiger partial charge in [0.1, 0.15) is 0 Å². The Hall–Kier alpha value is -2.21. The zero-order valence-electron chi connectivity index (χ0n) is 15.6. The van der Waals surface area contributed by atoms with Crippen LogP contribution in [0.25, 0.3) is 0 Å². The number of sulfonamides is 1. The van der Waals surface area contributed by atoms with Gasteiger partial charge in [0, 0.05) is 31.9 Å². The van der Waals surface area contributed by atoms with E-state index in [0.717, 1.165) is 31.4 Å². The minimum Gasteiger partial charge on any atom is -0.449 e. The highest BCUT2D eigenvalue weighted by molar-refractivity contribution is 7.92. The molecule has 6 heteroatoms. The zero-order valence-corrected chi connectivity index (χ0v) is 16.4. The molecule has 2 aromatic carbocycles. The minimum absolute atomic E-state index is 0.0397. The summed E-state index contributed by atoms with van der Waals surface area (Å²) in [4.78, 5) is 0.243. The molecule has 27 heavy (non-hydrogen) atoms. The fraction of sp³-hybridized carbons (Fsp3) is 0.429. The molecule has 0 atom stereocenters. The number of hydrogen-bond acceptors (Lipinski definition) is 4. The summed E-state index contributed by atoms with van der Waals surface area (Å²) >= 11 is 0. The Labute approximate surface area is 160 Å². The van der Waals surface area contributed by atoms with Crippen LogP contribution in [0.15, 0.2) is 47.4 Å². The number of rotatable bonds is 2. The summed E-state index contributed by atoms with van der Waals surface area (Å²) in [5, 5.41) is 0. The maximum atomic E-state index is 13.5. The molecular weight excluding hydrogens is 362 g/mol. The smallest absolute Gasteiger partial charge is 0.264 e. The van der Waals surface area contributed by atoms with Crippen LogP contribution in [0.5, 0.6) is 11.5 Å². The van der Waals surface area contributed by atoms with Gasteiger partial charge in [-0.1, -0.05) is 31.0 Å². The van der Waals surface area contributed by atoms with Crippen LogP contribution in [0.3, 0.4) is 0 Å². The largest absolute Gasteiger partial charge is 0.449 e. The summed E-state index contributed by atoms with van der Waals surface area (Å²) in [7, 11) is -3.68. The van der Waals surface area contributed by atoms with E-state index in [1.54, 1.807) is 22.5 Å². The molecule has 1 fully saturated rings. The van der Waals surface area contributed by atoms with Gasteiger partial charge in [0.2, 0.25) is 5.79 Å². The van der Waals surface area contributed by atoms with E-state index in [0.29, 0.717) is 18.0 Å². The second-order valence-corrected chi connectivity index (χ2v) is 10.1. The molecule has 5 rings (SSSR count). The summed E-state index contributed by atoms with van der Waals surface area (Å²) in [5.41, 5.74) is 1.95. The van der Waals surface area contributed by atoms with E-state index < -0.39 is 15.8 Å². The Bertz CT molecular complexity index is 1020. The third kappa shape index (κ3) is 2.46. The topological polar surface area (TPSA) is 55.8 Å². The molecule has 0 unspecified atom stereocenters. The van der Waals surface area contributed by atoms with Crippen molar-refractivity contribution in [3.8, 4) is 11.5 Å². The molecule has 2 heterocycles. The predicted octanol–water partition coefficient (Wildman–Crippen LogP) is 4.21. The van der Waals surface area contributed by atoms with Crippen molar-refractivity contribution >= 4 is 15.7 Å². The number of ether oxygens (including phenoxy) is 2. The van der Waals surface area contributed by atoms with Gasteiger partial charge in [-0.3, -0.25) is 4.31 Å². The third-order valence-electron chi connectivity index (χ3n) is 5.97. The zero-order chi connectivity index (χ0) is 18.9. The first-order valence-electron chi connectivity index (χ1n) is 9.45. The molecule has 1 aliphatic carbocycles. The van der Waals surface area contributed by atoms with Gasteiger partial charge in [0.25, 0.3) is 10.0 Å². The summed E-state index contributed by atoms with van der Waals surface area (Å²) in [5.74, 6) is 0.274. The number of anilines is 1. The molecule has 1 spiro atoms. The lowest BCUT2D eigenvalue weighted by Gasteiger charge is -2.25. The van der Waals surface area contributed by atoms with Crippen LogP contribution in [0, 0.1) is 0 Å². The average molecular weight is 385 g/mol. The molecule has 0 bridgehead atoms. The van der Waals surface area contributed by atoms with Crippen LogP contribution in [0.1, 0.15) is 45.1 Å². The molecule has 5 nitrogen and oxygen atoms in total. The number of para-hydroxylation sites is 1. The lowest BCUT2D eigenvalue weighted by molar-refractivity contribution is -0.0432. The highest BCUT2D eigenvalue weighted by Gasteiger charge is 2.48. The number of benzene rings is 2.